The molecule has 2 heterocycles. The Hall–Kier alpha value is -1.89. The topological polar surface area (TPSA) is 63.6 Å². The fourth-order valence-corrected chi connectivity index (χ4v) is 6.92. The van der Waals surface area contributed by atoms with Gasteiger partial charge in [-0.3, -0.25) is 0 Å². The molecule has 1 aliphatic rings. The maximum Gasteiger partial charge on any atom is 0.151 e. The van der Waals surface area contributed by atoms with Crippen LogP contribution in [0.25, 0.3) is 21.2 Å². The maximum absolute atomic E-state index is 11.4. The summed E-state index contributed by atoms with van der Waals surface area (Å²) in [5.74, 6) is 1.16. The van der Waals surface area contributed by atoms with E-state index in [1.165, 1.54) is 4.70 Å². The average Bonchev–Trinajstić information content (AvgIpc) is 3.01. The Morgan fingerprint density at radius 1 is 1.15 bits per heavy atom. The number of aryl methyl sites for hydroxylation is 1. The van der Waals surface area contributed by atoms with Crippen molar-refractivity contribution < 1.29 is 18.3 Å². The molecule has 0 bridgehead atoms. The van der Waals surface area contributed by atoms with Crippen LogP contribution in [0.5, 0.6) is 5.75 Å². The molecule has 0 spiro atoms. The number of ether oxygens (including phenoxy) is 1. The highest BCUT2D eigenvalue weighted by Crippen LogP contribution is 2.38. The second-order valence-corrected chi connectivity index (χ2v) is 10.7. The molecule has 2 aromatic carbocycles. The minimum Gasteiger partial charge on any atom is -0.493 e. The molecule has 1 saturated heterocycles. The van der Waals surface area contributed by atoms with Crippen LogP contribution in [0.2, 0.25) is 0 Å². The lowest BCUT2D eigenvalue weighted by molar-refractivity contribution is 0.188. The molecule has 0 saturated carbocycles. The predicted molar refractivity (Wildman–Crippen MR) is 110 cm³/mol. The van der Waals surface area contributed by atoms with Crippen LogP contribution in [-0.2, 0) is 16.4 Å². The monoisotopic (exact) mass is 402 g/mol. The molecule has 0 atom stereocenters. The van der Waals surface area contributed by atoms with Crippen molar-refractivity contribution in [1.82, 2.24) is 0 Å². The van der Waals surface area contributed by atoms with Gasteiger partial charge in [0, 0.05) is 21.1 Å². The molecule has 1 fully saturated rings. The summed E-state index contributed by atoms with van der Waals surface area (Å²) >= 11 is 1.70. The fourth-order valence-electron chi connectivity index (χ4n) is 3.77. The first-order valence-corrected chi connectivity index (χ1v) is 11.5. The summed E-state index contributed by atoms with van der Waals surface area (Å²) < 4.78 is 29.9. The predicted octanol–water partition coefficient (Wildman–Crippen LogP) is 4.18. The molecule has 4 rings (SSSR count). The Bertz CT molecular complexity index is 1100. The fraction of sp³-hybridized carbons (Fsp3) is 0.333. The van der Waals surface area contributed by atoms with Crippen molar-refractivity contribution in [3.05, 3.63) is 52.9 Å². The maximum atomic E-state index is 11.4. The van der Waals surface area contributed by atoms with E-state index in [1.54, 1.807) is 11.3 Å². The lowest BCUT2D eigenvalue weighted by Crippen LogP contribution is -2.50. The Labute approximate surface area is 163 Å². The molecule has 4 nitrogen and oxygen atoms in total. The molecule has 142 valence electrons. The third-order valence-electron chi connectivity index (χ3n) is 5.03. The van der Waals surface area contributed by atoms with Crippen molar-refractivity contribution >= 4 is 31.3 Å². The minimum atomic E-state index is -2.86. The van der Waals surface area contributed by atoms with Crippen molar-refractivity contribution in [1.29, 1.82) is 0 Å². The van der Waals surface area contributed by atoms with Gasteiger partial charge in [-0.2, -0.15) is 0 Å². The summed E-state index contributed by atoms with van der Waals surface area (Å²) in [6.07, 6.45) is 0. The first kappa shape index (κ1) is 18.5. The Morgan fingerprint density at radius 2 is 1.93 bits per heavy atom. The van der Waals surface area contributed by atoms with Crippen LogP contribution in [0, 0.1) is 12.3 Å². The Morgan fingerprint density at radius 3 is 2.59 bits per heavy atom. The third kappa shape index (κ3) is 3.61. The van der Waals surface area contributed by atoms with E-state index in [4.69, 9.17) is 4.74 Å². The largest absolute Gasteiger partial charge is 0.493 e. The molecule has 6 heteroatoms. The number of thiophene rings is 1. The Balaban J connectivity index is 1.57. The first-order chi connectivity index (χ1) is 12.8. The zero-order chi connectivity index (χ0) is 19.2. The van der Waals surface area contributed by atoms with Gasteiger partial charge < -0.3 is 9.84 Å². The minimum absolute atomic E-state index is 0.0332. The number of fused-ring (bicyclic) bond motifs is 1. The smallest absolute Gasteiger partial charge is 0.151 e. The molecule has 3 aromatic rings. The number of rotatable bonds is 5. The number of hydrogen-bond acceptors (Lipinski definition) is 5. The van der Waals surface area contributed by atoms with Crippen LogP contribution in [0.3, 0.4) is 0 Å². The number of hydrogen-bond donors (Lipinski definition) is 1. The summed E-state index contributed by atoms with van der Waals surface area (Å²) in [5.41, 5.74) is 4.03. The third-order valence-corrected chi connectivity index (χ3v) is 8.27. The quantitative estimate of drug-likeness (QED) is 0.695. The van der Waals surface area contributed by atoms with E-state index < -0.39 is 9.84 Å². The summed E-state index contributed by atoms with van der Waals surface area (Å²) in [5, 5.41) is 12.7. The molecule has 0 radical (unpaired) electrons. The van der Waals surface area contributed by atoms with Gasteiger partial charge in [0.2, 0.25) is 0 Å². The molecular weight excluding hydrogens is 380 g/mol. The highest BCUT2D eigenvalue weighted by atomic mass is 32.2. The second-order valence-electron chi connectivity index (χ2n) is 7.75. The highest BCUT2D eigenvalue weighted by Gasteiger charge is 2.45. The number of sulfone groups is 1. The summed E-state index contributed by atoms with van der Waals surface area (Å²) in [4.78, 5) is 0. The van der Waals surface area contributed by atoms with Crippen LogP contribution in [0.4, 0.5) is 0 Å². The standard InChI is InChI=1S/C21H22O4S2/c1-14-7-16(25-11-21(2)12-27(23,24)13-21)4-5-17(14)19-10-26-20-6-3-15(9-22)8-18(19)20/h3-8,10,22H,9,11-13H2,1-2H3. The van der Waals surface area contributed by atoms with Gasteiger partial charge in [-0.05, 0) is 53.3 Å². The van der Waals surface area contributed by atoms with E-state index >= 15 is 0 Å². The van der Waals surface area contributed by atoms with Crippen molar-refractivity contribution in [2.75, 3.05) is 18.1 Å². The molecule has 1 aromatic heterocycles. The van der Waals surface area contributed by atoms with Gasteiger partial charge in [0.25, 0.3) is 0 Å². The van der Waals surface area contributed by atoms with Crippen molar-refractivity contribution in [3.63, 3.8) is 0 Å². The lowest BCUT2D eigenvalue weighted by atomic mass is 9.96. The number of aliphatic hydroxyl groups excluding tert-OH is 1. The van der Waals surface area contributed by atoms with E-state index in [0.29, 0.717) is 6.61 Å². The Kier molecular flexibility index (Phi) is 4.53. The SMILES string of the molecule is Cc1cc(OCC2(C)CS(=O)(=O)C2)ccc1-c1csc2ccc(CO)cc12. The summed E-state index contributed by atoms with van der Waals surface area (Å²) in [6.45, 7) is 4.44. The van der Waals surface area contributed by atoms with Crippen molar-refractivity contribution in [3.8, 4) is 16.9 Å². The van der Waals surface area contributed by atoms with E-state index in [0.717, 1.165) is 33.4 Å². The van der Waals surface area contributed by atoms with Gasteiger partial charge in [0.15, 0.2) is 9.84 Å². The van der Waals surface area contributed by atoms with Gasteiger partial charge in [-0.25, -0.2) is 8.42 Å². The van der Waals surface area contributed by atoms with E-state index in [2.05, 4.69) is 24.4 Å². The van der Waals surface area contributed by atoms with Crippen LogP contribution in [-0.4, -0.2) is 31.6 Å². The van der Waals surface area contributed by atoms with E-state index in [1.807, 2.05) is 31.2 Å². The molecule has 0 amide bonds. The van der Waals surface area contributed by atoms with E-state index in [9.17, 15) is 13.5 Å². The first-order valence-electron chi connectivity index (χ1n) is 8.84. The van der Waals surface area contributed by atoms with Gasteiger partial charge in [0.05, 0.1) is 24.7 Å². The van der Waals surface area contributed by atoms with Crippen molar-refractivity contribution in [2.45, 2.75) is 20.5 Å². The molecular formula is C21H22O4S2. The number of benzene rings is 2. The normalized spacial score (nSPS) is 17.6. The van der Waals surface area contributed by atoms with Crippen LogP contribution in [0.15, 0.2) is 41.8 Å². The lowest BCUT2D eigenvalue weighted by Gasteiger charge is -2.37. The second kappa shape index (κ2) is 6.62. The van der Waals surface area contributed by atoms with Crippen molar-refractivity contribution in [2.24, 2.45) is 5.41 Å². The molecule has 0 aliphatic carbocycles. The number of aliphatic hydroxyl groups is 1. The van der Waals surface area contributed by atoms with Gasteiger partial charge >= 0.3 is 0 Å². The molecule has 1 aliphatic heterocycles. The van der Waals surface area contributed by atoms with Gasteiger partial charge in [-0.15, -0.1) is 11.3 Å². The highest BCUT2D eigenvalue weighted by molar-refractivity contribution is 7.92. The van der Waals surface area contributed by atoms with Crippen LogP contribution in [0.1, 0.15) is 18.1 Å². The molecule has 1 N–H and O–H groups in total. The molecule has 0 unspecified atom stereocenters. The van der Waals surface area contributed by atoms with Crippen LogP contribution < -0.4 is 4.74 Å². The summed E-state index contributed by atoms with van der Waals surface area (Å²) in [6, 6.07) is 12.0. The van der Waals surface area contributed by atoms with E-state index in [-0.39, 0.29) is 23.5 Å². The zero-order valence-electron chi connectivity index (χ0n) is 15.4. The van der Waals surface area contributed by atoms with Gasteiger partial charge in [0.1, 0.15) is 5.75 Å². The molecule has 27 heavy (non-hydrogen) atoms. The summed E-state index contributed by atoms with van der Waals surface area (Å²) in [7, 11) is -2.86. The van der Waals surface area contributed by atoms with Gasteiger partial charge in [-0.1, -0.05) is 19.1 Å². The average molecular weight is 403 g/mol. The zero-order valence-corrected chi connectivity index (χ0v) is 17.0. The van der Waals surface area contributed by atoms with Crippen LogP contribution >= 0.6 is 11.3 Å².